The minimum atomic E-state index is -4.67. The van der Waals surface area contributed by atoms with Gasteiger partial charge in [0.15, 0.2) is 11.8 Å². The van der Waals surface area contributed by atoms with Crippen LogP contribution in [0.25, 0.3) is 16.5 Å². The van der Waals surface area contributed by atoms with Gasteiger partial charge in [-0.15, -0.1) is 0 Å². The van der Waals surface area contributed by atoms with Crippen molar-refractivity contribution in [1.82, 2.24) is 14.8 Å². The van der Waals surface area contributed by atoms with Gasteiger partial charge < -0.3 is 16.0 Å². The van der Waals surface area contributed by atoms with Crippen molar-refractivity contribution in [1.29, 1.82) is 0 Å². The molecule has 1 aliphatic carbocycles. The first-order valence-corrected chi connectivity index (χ1v) is 12.9. The number of alkyl halides is 3. The average Bonchev–Trinajstić information content (AvgIpc) is 2.89. The number of fused-ring (bicyclic) bond motifs is 2. The van der Waals surface area contributed by atoms with Crippen LogP contribution >= 0.6 is 0 Å². The summed E-state index contributed by atoms with van der Waals surface area (Å²) in [5.74, 6) is 0.857. The van der Waals surface area contributed by atoms with Crippen molar-refractivity contribution in [3.05, 3.63) is 99.9 Å². The fraction of sp³-hybridized carbons (Fsp3) is 0.276. The Morgan fingerprint density at radius 3 is 2.56 bits per heavy atom. The minimum Gasteiger partial charge on any atom is -0.369 e. The second kappa shape index (κ2) is 9.44. The van der Waals surface area contributed by atoms with E-state index < -0.39 is 23.3 Å². The number of nitrogens with zero attached hydrogens (tertiary/aromatic N) is 4. The van der Waals surface area contributed by atoms with Crippen LogP contribution in [0.2, 0.25) is 0 Å². The monoisotopic (exact) mass is 532 g/mol. The maximum Gasteiger partial charge on any atom is 0.417 e. The number of aromatic nitrogens is 1. The SMILES string of the molecule is CC(NC1=C2N=CC=CC2N(C2CCC2)C(N)=N1)c1cc2cccc(C(F)(F)F)c2c(=O)n1-c1ccccc1. The van der Waals surface area contributed by atoms with Crippen molar-refractivity contribution in [3.8, 4) is 5.69 Å². The molecule has 3 aromatic rings. The molecular weight excluding hydrogens is 505 g/mol. The van der Waals surface area contributed by atoms with E-state index in [0.717, 1.165) is 25.3 Å². The number of para-hydroxylation sites is 1. The molecule has 1 saturated carbocycles. The number of dihydropyridines is 1. The molecule has 3 aliphatic rings. The lowest BCUT2D eigenvalue weighted by molar-refractivity contribution is -0.136. The van der Waals surface area contributed by atoms with Gasteiger partial charge in [-0.2, -0.15) is 18.2 Å². The van der Waals surface area contributed by atoms with Gasteiger partial charge in [0.1, 0.15) is 5.70 Å². The van der Waals surface area contributed by atoms with Crippen molar-refractivity contribution in [2.45, 2.75) is 50.5 Å². The smallest absolute Gasteiger partial charge is 0.369 e. The van der Waals surface area contributed by atoms with Gasteiger partial charge in [0.2, 0.25) is 0 Å². The maximum atomic E-state index is 13.9. The van der Waals surface area contributed by atoms with E-state index in [9.17, 15) is 18.0 Å². The van der Waals surface area contributed by atoms with E-state index in [-0.39, 0.29) is 16.8 Å². The van der Waals surface area contributed by atoms with Gasteiger partial charge in [-0.1, -0.05) is 36.4 Å². The van der Waals surface area contributed by atoms with E-state index in [0.29, 0.717) is 34.9 Å². The maximum absolute atomic E-state index is 13.9. The molecule has 200 valence electrons. The molecule has 6 rings (SSSR count). The second-order valence-corrected chi connectivity index (χ2v) is 9.98. The number of rotatable bonds is 5. The first kappa shape index (κ1) is 25.0. The Hall–Kier alpha value is -4.34. The normalized spacial score (nSPS) is 20.1. The summed E-state index contributed by atoms with van der Waals surface area (Å²) in [6, 6.07) is 13.7. The Morgan fingerprint density at radius 1 is 1.10 bits per heavy atom. The lowest BCUT2D eigenvalue weighted by Gasteiger charge is -2.45. The van der Waals surface area contributed by atoms with E-state index >= 15 is 0 Å². The third kappa shape index (κ3) is 4.29. The number of hydrogen-bond donors (Lipinski definition) is 2. The number of halogens is 3. The molecule has 0 bridgehead atoms. The summed E-state index contributed by atoms with van der Waals surface area (Å²) in [4.78, 5) is 25.1. The van der Waals surface area contributed by atoms with Crippen LogP contribution in [0.4, 0.5) is 13.2 Å². The van der Waals surface area contributed by atoms with Gasteiger partial charge in [0, 0.05) is 23.6 Å². The Morgan fingerprint density at radius 2 is 1.87 bits per heavy atom. The zero-order chi connectivity index (χ0) is 27.3. The van der Waals surface area contributed by atoms with E-state index in [1.54, 1.807) is 42.6 Å². The average molecular weight is 533 g/mol. The van der Waals surface area contributed by atoms with Crippen molar-refractivity contribution in [3.63, 3.8) is 0 Å². The highest BCUT2D eigenvalue weighted by atomic mass is 19.4. The molecule has 1 aromatic heterocycles. The van der Waals surface area contributed by atoms with E-state index in [1.807, 2.05) is 19.1 Å². The Balaban J connectivity index is 1.48. The standard InChI is InChI=1S/C29H27F3N6O/c1-17(35-26-25-22(14-7-15-34-25)38(28(33)36-26)20-11-6-12-20)23-16-18-8-5-13-21(29(30,31)32)24(18)27(39)37(23)19-9-3-2-4-10-19/h2-5,7-10,13-17,20,22,35H,6,11-12H2,1H3,(H2,33,36). The summed E-state index contributed by atoms with van der Waals surface area (Å²) in [5, 5.41) is 3.20. The van der Waals surface area contributed by atoms with E-state index in [4.69, 9.17) is 5.73 Å². The van der Waals surface area contributed by atoms with Gasteiger partial charge in [0.25, 0.3) is 5.56 Å². The van der Waals surface area contributed by atoms with Crippen LogP contribution in [0.5, 0.6) is 0 Å². The third-order valence-electron chi connectivity index (χ3n) is 7.57. The van der Waals surface area contributed by atoms with Gasteiger partial charge in [-0.25, -0.2) is 0 Å². The van der Waals surface area contributed by atoms with Crippen molar-refractivity contribution < 1.29 is 13.2 Å². The molecule has 1 fully saturated rings. The second-order valence-electron chi connectivity index (χ2n) is 9.98. The molecule has 2 aliphatic heterocycles. The van der Waals surface area contributed by atoms with Crippen LogP contribution in [0.15, 0.2) is 93.0 Å². The molecular formula is C29H27F3N6O. The van der Waals surface area contributed by atoms with E-state index in [2.05, 4.69) is 20.2 Å². The lowest BCUT2D eigenvalue weighted by atomic mass is 9.89. The molecule has 0 amide bonds. The summed E-state index contributed by atoms with van der Waals surface area (Å²) in [6.07, 6.45) is 4.16. The van der Waals surface area contributed by atoms with Crippen LogP contribution in [0, 0.1) is 0 Å². The van der Waals surface area contributed by atoms with Crippen LogP contribution < -0.4 is 16.6 Å². The first-order valence-electron chi connectivity index (χ1n) is 12.9. The number of aliphatic imine (C=N–C) groups is 2. The number of guanidine groups is 1. The van der Waals surface area contributed by atoms with Crippen LogP contribution in [0.3, 0.4) is 0 Å². The number of nitrogens with two attached hydrogens (primary N) is 1. The number of benzene rings is 2. The van der Waals surface area contributed by atoms with Gasteiger partial charge in [-0.05, 0) is 61.9 Å². The molecule has 0 radical (unpaired) electrons. The highest BCUT2D eigenvalue weighted by Gasteiger charge is 2.38. The first-order chi connectivity index (χ1) is 18.7. The highest BCUT2D eigenvalue weighted by molar-refractivity contribution is 5.86. The Bertz CT molecular complexity index is 1620. The minimum absolute atomic E-state index is 0.172. The number of allylic oxidation sites excluding steroid dienone is 1. The molecule has 3 heterocycles. The third-order valence-corrected chi connectivity index (χ3v) is 7.57. The molecule has 39 heavy (non-hydrogen) atoms. The van der Waals surface area contributed by atoms with Crippen molar-refractivity contribution >= 4 is 22.9 Å². The summed E-state index contributed by atoms with van der Waals surface area (Å²) in [6.45, 7) is 1.84. The van der Waals surface area contributed by atoms with E-state index in [1.165, 1.54) is 16.7 Å². The molecule has 2 atom stereocenters. The zero-order valence-electron chi connectivity index (χ0n) is 21.2. The topological polar surface area (TPSA) is 88.0 Å². The fourth-order valence-corrected chi connectivity index (χ4v) is 5.49. The molecule has 7 nitrogen and oxygen atoms in total. The summed E-state index contributed by atoms with van der Waals surface area (Å²) < 4.78 is 43.0. The number of nitrogens with one attached hydrogen (secondary N) is 1. The van der Waals surface area contributed by atoms with Gasteiger partial charge in [0.05, 0.1) is 23.0 Å². The summed E-state index contributed by atoms with van der Waals surface area (Å²) in [5.41, 5.74) is 6.38. The largest absolute Gasteiger partial charge is 0.417 e. The Labute approximate surface area is 222 Å². The summed E-state index contributed by atoms with van der Waals surface area (Å²) >= 11 is 0. The number of hydrogen-bond acceptors (Lipinski definition) is 6. The number of pyridine rings is 1. The quantitative estimate of drug-likeness (QED) is 0.483. The van der Waals surface area contributed by atoms with Gasteiger partial charge in [-0.3, -0.25) is 14.4 Å². The van der Waals surface area contributed by atoms with Crippen LogP contribution in [-0.2, 0) is 6.18 Å². The predicted octanol–water partition coefficient (Wildman–Crippen LogP) is 5.02. The van der Waals surface area contributed by atoms with Crippen molar-refractivity contribution in [2.24, 2.45) is 15.7 Å². The molecule has 3 N–H and O–H groups in total. The summed E-state index contributed by atoms with van der Waals surface area (Å²) in [7, 11) is 0. The highest BCUT2D eigenvalue weighted by Crippen LogP contribution is 2.36. The fourth-order valence-electron chi connectivity index (χ4n) is 5.49. The zero-order valence-corrected chi connectivity index (χ0v) is 21.2. The van der Waals surface area contributed by atoms with Crippen molar-refractivity contribution in [2.75, 3.05) is 0 Å². The molecule has 2 aromatic carbocycles. The molecule has 0 spiro atoms. The molecule has 0 saturated heterocycles. The lowest BCUT2D eigenvalue weighted by Crippen LogP contribution is -2.55. The molecule has 2 unspecified atom stereocenters. The molecule has 10 heteroatoms. The van der Waals surface area contributed by atoms with Crippen LogP contribution in [-0.4, -0.2) is 33.7 Å². The van der Waals surface area contributed by atoms with Crippen LogP contribution in [0.1, 0.15) is 43.5 Å². The van der Waals surface area contributed by atoms with Gasteiger partial charge >= 0.3 is 6.18 Å². The Kier molecular flexibility index (Phi) is 6.05. The predicted molar refractivity (Wildman–Crippen MR) is 146 cm³/mol.